The Labute approximate surface area is 183 Å². The summed E-state index contributed by atoms with van der Waals surface area (Å²) in [6.45, 7) is 6.82. The van der Waals surface area contributed by atoms with Crippen molar-refractivity contribution in [2.75, 3.05) is 54.0 Å². The standard InChI is InChI=1S/C24H30FN5O/c1-18(31)27-12-14-28(15-13-27)20-7-9-26-24(17-20)30-11-8-23-22(30)6-3-10-29(23)21-5-2-4-19(25)16-21/h2,4-5,7,9,16-17,22-23H,3,6,8,10-15H2,1H3/t22-,23?/m1/s1. The molecule has 0 N–H and O–H groups in total. The van der Waals surface area contributed by atoms with E-state index in [-0.39, 0.29) is 11.7 Å². The fourth-order valence-electron chi connectivity index (χ4n) is 5.49. The number of rotatable bonds is 3. The Kier molecular flexibility index (Phi) is 5.42. The molecule has 4 heterocycles. The highest BCUT2D eigenvalue weighted by Gasteiger charge is 2.41. The molecule has 0 bridgehead atoms. The number of hydrogen-bond donors (Lipinski definition) is 0. The van der Waals surface area contributed by atoms with Crippen molar-refractivity contribution in [3.8, 4) is 0 Å². The van der Waals surface area contributed by atoms with Gasteiger partial charge >= 0.3 is 0 Å². The van der Waals surface area contributed by atoms with Crippen LogP contribution in [0.3, 0.4) is 0 Å². The van der Waals surface area contributed by atoms with Crippen molar-refractivity contribution in [1.82, 2.24) is 9.88 Å². The quantitative estimate of drug-likeness (QED) is 0.759. The lowest BCUT2D eigenvalue weighted by Gasteiger charge is -2.42. The molecule has 3 saturated heterocycles. The van der Waals surface area contributed by atoms with E-state index in [0.29, 0.717) is 12.1 Å². The molecule has 3 fully saturated rings. The van der Waals surface area contributed by atoms with Gasteiger partial charge in [-0.25, -0.2) is 9.37 Å². The molecule has 7 heteroatoms. The third-order valence-electron chi connectivity index (χ3n) is 7.06. The summed E-state index contributed by atoms with van der Waals surface area (Å²) in [6.07, 6.45) is 5.20. The molecule has 3 aliphatic heterocycles. The predicted octanol–water partition coefficient (Wildman–Crippen LogP) is 3.14. The zero-order valence-corrected chi connectivity index (χ0v) is 18.1. The summed E-state index contributed by atoms with van der Waals surface area (Å²) in [5.41, 5.74) is 2.16. The summed E-state index contributed by atoms with van der Waals surface area (Å²) in [4.78, 5) is 25.4. The second kappa shape index (κ2) is 8.36. The Morgan fingerprint density at radius 3 is 2.52 bits per heavy atom. The van der Waals surface area contributed by atoms with Gasteiger partial charge in [0.05, 0.1) is 12.1 Å². The zero-order chi connectivity index (χ0) is 21.4. The van der Waals surface area contributed by atoms with Gasteiger partial charge in [-0.1, -0.05) is 6.07 Å². The lowest BCUT2D eigenvalue weighted by atomic mass is 9.96. The molecule has 1 aromatic carbocycles. The Balaban J connectivity index is 1.32. The first-order chi connectivity index (χ1) is 15.1. The minimum atomic E-state index is -0.172. The maximum atomic E-state index is 13.8. The summed E-state index contributed by atoms with van der Waals surface area (Å²) < 4.78 is 13.8. The number of anilines is 3. The second-order valence-electron chi connectivity index (χ2n) is 8.80. The molecule has 0 radical (unpaired) electrons. The molecule has 3 aliphatic rings. The molecule has 2 aromatic rings. The van der Waals surface area contributed by atoms with E-state index in [1.54, 1.807) is 19.1 Å². The van der Waals surface area contributed by atoms with Crippen LogP contribution >= 0.6 is 0 Å². The normalized spacial score (nSPS) is 23.8. The topological polar surface area (TPSA) is 42.9 Å². The van der Waals surface area contributed by atoms with Crippen molar-refractivity contribution >= 4 is 23.1 Å². The number of nitrogens with zero attached hydrogens (tertiary/aromatic N) is 5. The number of pyridine rings is 1. The molecule has 31 heavy (non-hydrogen) atoms. The van der Waals surface area contributed by atoms with Crippen LogP contribution in [0, 0.1) is 5.82 Å². The molecule has 1 amide bonds. The molecular formula is C24H30FN5O. The van der Waals surface area contributed by atoms with Gasteiger partial charge in [-0.3, -0.25) is 4.79 Å². The van der Waals surface area contributed by atoms with E-state index in [9.17, 15) is 9.18 Å². The second-order valence-corrected chi connectivity index (χ2v) is 8.80. The van der Waals surface area contributed by atoms with Crippen LogP contribution in [0.1, 0.15) is 26.2 Å². The average molecular weight is 424 g/mol. The molecule has 1 unspecified atom stereocenters. The third kappa shape index (κ3) is 3.93. The number of benzene rings is 1. The first-order valence-electron chi connectivity index (χ1n) is 11.4. The summed E-state index contributed by atoms with van der Waals surface area (Å²) >= 11 is 0. The van der Waals surface area contributed by atoms with E-state index < -0.39 is 0 Å². The zero-order valence-electron chi connectivity index (χ0n) is 18.1. The van der Waals surface area contributed by atoms with Crippen LogP contribution in [-0.2, 0) is 4.79 Å². The van der Waals surface area contributed by atoms with E-state index in [1.165, 1.54) is 11.8 Å². The van der Waals surface area contributed by atoms with Crippen molar-refractivity contribution in [2.24, 2.45) is 0 Å². The highest BCUT2D eigenvalue weighted by Crippen LogP contribution is 2.37. The Morgan fingerprint density at radius 2 is 1.74 bits per heavy atom. The maximum absolute atomic E-state index is 13.8. The fourth-order valence-corrected chi connectivity index (χ4v) is 5.49. The van der Waals surface area contributed by atoms with Crippen LogP contribution in [0.5, 0.6) is 0 Å². The van der Waals surface area contributed by atoms with Crippen molar-refractivity contribution in [1.29, 1.82) is 0 Å². The molecule has 2 atom stereocenters. The molecule has 0 spiro atoms. The fraction of sp³-hybridized carbons (Fsp3) is 0.500. The van der Waals surface area contributed by atoms with Crippen LogP contribution in [0.15, 0.2) is 42.6 Å². The van der Waals surface area contributed by atoms with E-state index in [4.69, 9.17) is 4.98 Å². The number of fused-ring (bicyclic) bond motifs is 1. The first kappa shape index (κ1) is 20.1. The number of piperidine rings is 1. The highest BCUT2D eigenvalue weighted by atomic mass is 19.1. The van der Waals surface area contributed by atoms with Gasteiger partial charge in [0.2, 0.25) is 5.91 Å². The van der Waals surface area contributed by atoms with E-state index in [2.05, 4.69) is 26.8 Å². The molecule has 164 valence electrons. The lowest BCUT2D eigenvalue weighted by molar-refractivity contribution is -0.129. The summed E-state index contributed by atoms with van der Waals surface area (Å²) in [7, 11) is 0. The predicted molar refractivity (Wildman–Crippen MR) is 121 cm³/mol. The largest absolute Gasteiger partial charge is 0.368 e. The Bertz CT molecular complexity index is 945. The first-order valence-corrected chi connectivity index (χ1v) is 11.4. The smallest absolute Gasteiger partial charge is 0.219 e. The third-order valence-corrected chi connectivity index (χ3v) is 7.06. The van der Waals surface area contributed by atoms with Gasteiger partial charge in [0.15, 0.2) is 0 Å². The minimum absolute atomic E-state index is 0.151. The summed E-state index contributed by atoms with van der Waals surface area (Å²) in [5.74, 6) is 1.01. The highest BCUT2D eigenvalue weighted by molar-refractivity contribution is 5.73. The van der Waals surface area contributed by atoms with Crippen LogP contribution in [0.25, 0.3) is 0 Å². The number of halogens is 1. The van der Waals surface area contributed by atoms with Gasteiger partial charge in [0.1, 0.15) is 11.6 Å². The summed E-state index contributed by atoms with van der Waals surface area (Å²) in [6, 6.07) is 12.1. The molecule has 6 nitrogen and oxygen atoms in total. The van der Waals surface area contributed by atoms with Crippen molar-refractivity contribution in [3.63, 3.8) is 0 Å². The van der Waals surface area contributed by atoms with Crippen molar-refractivity contribution < 1.29 is 9.18 Å². The molecule has 5 rings (SSSR count). The summed E-state index contributed by atoms with van der Waals surface area (Å²) in [5, 5.41) is 0. The van der Waals surface area contributed by atoms with Gasteiger partial charge in [-0.2, -0.15) is 0 Å². The van der Waals surface area contributed by atoms with Crippen molar-refractivity contribution in [3.05, 3.63) is 48.4 Å². The van der Waals surface area contributed by atoms with E-state index in [1.807, 2.05) is 17.2 Å². The minimum Gasteiger partial charge on any atom is -0.368 e. The molecule has 1 aromatic heterocycles. The average Bonchev–Trinajstić information content (AvgIpc) is 3.23. The Morgan fingerprint density at radius 1 is 0.935 bits per heavy atom. The number of carbonyl (C=O) groups excluding carboxylic acids is 1. The maximum Gasteiger partial charge on any atom is 0.219 e. The van der Waals surface area contributed by atoms with Crippen LogP contribution in [-0.4, -0.2) is 67.1 Å². The van der Waals surface area contributed by atoms with Gasteiger partial charge < -0.3 is 19.6 Å². The van der Waals surface area contributed by atoms with Gasteiger partial charge in [-0.15, -0.1) is 0 Å². The van der Waals surface area contributed by atoms with E-state index in [0.717, 1.165) is 70.0 Å². The molecule has 0 saturated carbocycles. The molecular weight excluding hydrogens is 393 g/mol. The van der Waals surface area contributed by atoms with Crippen LogP contribution in [0.4, 0.5) is 21.6 Å². The number of piperazine rings is 1. The van der Waals surface area contributed by atoms with Crippen LogP contribution in [0.2, 0.25) is 0 Å². The van der Waals surface area contributed by atoms with Gasteiger partial charge in [0, 0.05) is 69.8 Å². The number of hydrogen-bond acceptors (Lipinski definition) is 5. The van der Waals surface area contributed by atoms with Crippen LogP contribution < -0.4 is 14.7 Å². The molecule has 0 aliphatic carbocycles. The Hall–Kier alpha value is -2.83. The van der Waals surface area contributed by atoms with E-state index >= 15 is 0 Å². The number of carbonyl (C=O) groups is 1. The number of amides is 1. The monoisotopic (exact) mass is 423 g/mol. The van der Waals surface area contributed by atoms with Crippen molar-refractivity contribution in [2.45, 2.75) is 38.3 Å². The SMILES string of the molecule is CC(=O)N1CCN(c2ccnc(N3CCC4[C@H]3CCCN4c3cccc(F)c3)c2)CC1. The van der Waals surface area contributed by atoms with Gasteiger partial charge in [0.25, 0.3) is 0 Å². The van der Waals surface area contributed by atoms with Gasteiger partial charge in [-0.05, 0) is 43.5 Å². The lowest BCUT2D eigenvalue weighted by Crippen LogP contribution is -2.50. The number of aromatic nitrogens is 1.